The lowest BCUT2D eigenvalue weighted by Crippen LogP contribution is -2.00. The normalized spacial score (nSPS) is 10.4. The minimum atomic E-state index is -0.213. The van der Waals surface area contributed by atoms with Crippen molar-refractivity contribution in [2.75, 3.05) is 0 Å². The molecule has 0 unspecified atom stereocenters. The second-order valence-corrected chi connectivity index (χ2v) is 2.96. The van der Waals surface area contributed by atoms with Gasteiger partial charge >= 0.3 is 0 Å². The summed E-state index contributed by atoms with van der Waals surface area (Å²) in [4.78, 5) is 18.8. The number of aromatic hydroxyl groups is 1. The number of rotatable bonds is 1. The van der Waals surface area contributed by atoms with E-state index in [1.807, 2.05) is 0 Å². The van der Waals surface area contributed by atoms with Gasteiger partial charge in [-0.15, -0.1) is 0 Å². The highest BCUT2D eigenvalue weighted by atomic mass is 16.3. The van der Waals surface area contributed by atoms with Gasteiger partial charge in [0.25, 0.3) is 0 Å². The van der Waals surface area contributed by atoms with Crippen molar-refractivity contribution >= 4 is 16.7 Å². The highest BCUT2D eigenvalue weighted by Crippen LogP contribution is 2.21. The maximum absolute atomic E-state index is 11.0. The molecule has 70 valence electrons. The number of phenolic OH excluding ortho intramolecular Hbond substituents is 1. The van der Waals surface area contributed by atoms with Crippen LogP contribution >= 0.6 is 0 Å². The Morgan fingerprint density at radius 1 is 1.43 bits per heavy atom. The quantitative estimate of drug-likeness (QED) is 0.689. The van der Waals surface area contributed by atoms with Gasteiger partial charge in [0, 0.05) is 18.5 Å². The fourth-order valence-electron chi connectivity index (χ4n) is 1.21. The standard InChI is InChI=1S/C10H8N2O2/c1-6(13)10-11-5-7-3-2-4-8(14)9(7)12-10/h2-5,14H,1H3. The molecule has 1 aromatic heterocycles. The van der Waals surface area contributed by atoms with E-state index >= 15 is 0 Å². The summed E-state index contributed by atoms with van der Waals surface area (Å²) in [6.45, 7) is 1.39. The van der Waals surface area contributed by atoms with Crippen LogP contribution in [0.4, 0.5) is 0 Å². The van der Waals surface area contributed by atoms with Gasteiger partial charge in [0.15, 0.2) is 11.6 Å². The second-order valence-electron chi connectivity index (χ2n) is 2.96. The van der Waals surface area contributed by atoms with Crippen LogP contribution in [0.25, 0.3) is 10.9 Å². The molecule has 0 aliphatic carbocycles. The Hall–Kier alpha value is -1.97. The molecular weight excluding hydrogens is 180 g/mol. The van der Waals surface area contributed by atoms with Crippen LogP contribution in [0.3, 0.4) is 0 Å². The van der Waals surface area contributed by atoms with Crippen molar-refractivity contribution in [2.45, 2.75) is 6.92 Å². The van der Waals surface area contributed by atoms with Gasteiger partial charge in [0.1, 0.15) is 11.3 Å². The first-order chi connectivity index (χ1) is 6.68. The topological polar surface area (TPSA) is 63.1 Å². The van der Waals surface area contributed by atoms with E-state index in [4.69, 9.17) is 0 Å². The minimum absolute atomic E-state index is 0.0624. The summed E-state index contributed by atoms with van der Waals surface area (Å²) in [7, 11) is 0. The summed E-state index contributed by atoms with van der Waals surface area (Å²) < 4.78 is 0. The third kappa shape index (κ3) is 1.31. The number of carbonyl (C=O) groups is 1. The third-order valence-electron chi connectivity index (χ3n) is 1.90. The Labute approximate surface area is 80.2 Å². The highest BCUT2D eigenvalue weighted by molar-refractivity contribution is 5.93. The molecule has 0 aliphatic rings. The largest absolute Gasteiger partial charge is 0.506 e. The summed E-state index contributed by atoms with van der Waals surface area (Å²) >= 11 is 0. The lowest BCUT2D eigenvalue weighted by Gasteiger charge is -2.00. The molecule has 0 radical (unpaired) electrons. The molecule has 0 bridgehead atoms. The number of benzene rings is 1. The lowest BCUT2D eigenvalue weighted by molar-refractivity contribution is 0.100. The van der Waals surface area contributed by atoms with E-state index in [0.717, 1.165) is 5.39 Å². The average Bonchev–Trinajstić information content (AvgIpc) is 2.18. The molecule has 0 saturated carbocycles. The predicted molar refractivity (Wildman–Crippen MR) is 51.2 cm³/mol. The first kappa shape index (κ1) is 8.62. The highest BCUT2D eigenvalue weighted by Gasteiger charge is 2.06. The van der Waals surface area contributed by atoms with Crippen LogP contribution in [0.1, 0.15) is 17.5 Å². The van der Waals surface area contributed by atoms with E-state index < -0.39 is 0 Å². The Bertz CT molecular complexity index is 508. The number of ketones is 1. The lowest BCUT2D eigenvalue weighted by atomic mass is 10.2. The molecule has 2 aromatic rings. The van der Waals surface area contributed by atoms with Crippen LogP contribution in [0.2, 0.25) is 0 Å². The van der Waals surface area contributed by atoms with Crippen LogP contribution in [-0.4, -0.2) is 20.9 Å². The number of para-hydroxylation sites is 1. The number of aromatic nitrogens is 2. The number of fused-ring (bicyclic) bond motifs is 1. The zero-order valence-electron chi connectivity index (χ0n) is 7.56. The first-order valence-corrected chi connectivity index (χ1v) is 4.14. The van der Waals surface area contributed by atoms with E-state index in [1.165, 1.54) is 19.2 Å². The van der Waals surface area contributed by atoms with Gasteiger partial charge in [-0.1, -0.05) is 12.1 Å². The third-order valence-corrected chi connectivity index (χ3v) is 1.90. The van der Waals surface area contributed by atoms with Crippen LogP contribution in [0, 0.1) is 0 Å². The predicted octanol–water partition coefficient (Wildman–Crippen LogP) is 1.54. The smallest absolute Gasteiger partial charge is 0.196 e. The van der Waals surface area contributed by atoms with E-state index in [2.05, 4.69) is 9.97 Å². The van der Waals surface area contributed by atoms with Crippen molar-refractivity contribution in [1.82, 2.24) is 9.97 Å². The average molecular weight is 188 g/mol. The fourth-order valence-corrected chi connectivity index (χ4v) is 1.21. The van der Waals surface area contributed by atoms with Crippen molar-refractivity contribution in [2.24, 2.45) is 0 Å². The molecule has 14 heavy (non-hydrogen) atoms. The molecule has 1 aromatic carbocycles. The first-order valence-electron chi connectivity index (χ1n) is 4.14. The maximum Gasteiger partial charge on any atom is 0.196 e. The van der Waals surface area contributed by atoms with Crippen LogP contribution < -0.4 is 0 Å². The Morgan fingerprint density at radius 2 is 2.21 bits per heavy atom. The van der Waals surface area contributed by atoms with E-state index in [9.17, 15) is 9.90 Å². The molecule has 4 nitrogen and oxygen atoms in total. The number of hydrogen-bond acceptors (Lipinski definition) is 4. The Balaban J connectivity index is 2.76. The summed E-state index contributed by atoms with van der Waals surface area (Å²) in [5.41, 5.74) is 0.410. The van der Waals surface area contributed by atoms with Gasteiger partial charge in [-0.3, -0.25) is 4.79 Å². The van der Waals surface area contributed by atoms with Gasteiger partial charge in [-0.2, -0.15) is 0 Å². The molecule has 0 aliphatic heterocycles. The number of carbonyl (C=O) groups excluding carboxylic acids is 1. The van der Waals surface area contributed by atoms with E-state index in [-0.39, 0.29) is 17.4 Å². The maximum atomic E-state index is 11.0. The molecule has 1 N–H and O–H groups in total. The van der Waals surface area contributed by atoms with Crippen molar-refractivity contribution in [1.29, 1.82) is 0 Å². The molecule has 0 saturated heterocycles. The molecule has 1 heterocycles. The SMILES string of the molecule is CC(=O)c1ncc2cccc(O)c2n1. The Morgan fingerprint density at radius 3 is 2.93 bits per heavy atom. The summed E-state index contributed by atoms with van der Waals surface area (Å²) in [6.07, 6.45) is 1.53. The van der Waals surface area contributed by atoms with Crippen LogP contribution in [-0.2, 0) is 0 Å². The van der Waals surface area contributed by atoms with Gasteiger partial charge < -0.3 is 5.11 Å². The van der Waals surface area contributed by atoms with Crippen LogP contribution in [0.5, 0.6) is 5.75 Å². The molecular formula is C10H8N2O2. The molecule has 0 fully saturated rings. The monoisotopic (exact) mass is 188 g/mol. The van der Waals surface area contributed by atoms with E-state index in [0.29, 0.717) is 5.52 Å². The summed E-state index contributed by atoms with van der Waals surface area (Å²) in [5.74, 6) is -0.0263. The number of nitrogens with zero attached hydrogens (tertiary/aromatic N) is 2. The van der Waals surface area contributed by atoms with Crippen molar-refractivity contribution in [3.05, 3.63) is 30.2 Å². The second kappa shape index (κ2) is 3.06. The molecule has 4 heteroatoms. The number of phenols is 1. The van der Waals surface area contributed by atoms with E-state index in [1.54, 1.807) is 12.1 Å². The minimum Gasteiger partial charge on any atom is -0.506 e. The zero-order valence-corrected chi connectivity index (χ0v) is 7.56. The summed E-state index contributed by atoms with van der Waals surface area (Å²) in [5, 5.41) is 10.2. The number of Topliss-reactive ketones (excluding diaryl/α,β-unsaturated/α-hetero) is 1. The van der Waals surface area contributed by atoms with Crippen molar-refractivity contribution in [3.8, 4) is 5.75 Å². The van der Waals surface area contributed by atoms with Gasteiger partial charge in [0.2, 0.25) is 0 Å². The summed E-state index contributed by atoms with van der Waals surface area (Å²) in [6, 6.07) is 5.01. The van der Waals surface area contributed by atoms with Crippen molar-refractivity contribution < 1.29 is 9.90 Å². The molecule has 0 amide bonds. The molecule has 0 spiro atoms. The molecule has 2 rings (SSSR count). The number of hydrogen-bond donors (Lipinski definition) is 1. The zero-order chi connectivity index (χ0) is 10.1. The molecule has 0 atom stereocenters. The van der Waals surface area contributed by atoms with Crippen LogP contribution in [0.15, 0.2) is 24.4 Å². The van der Waals surface area contributed by atoms with Gasteiger partial charge in [0.05, 0.1) is 0 Å². The van der Waals surface area contributed by atoms with Gasteiger partial charge in [-0.05, 0) is 6.07 Å². The van der Waals surface area contributed by atoms with Gasteiger partial charge in [-0.25, -0.2) is 9.97 Å². The van der Waals surface area contributed by atoms with Crippen molar-refractivity contribution in [3.63, 3.8) is 0 Å². The Kier molecular flexibility index (Phi) is 1.89. The fraction of sp³-hybridized carbons (Fsp3) is 0.100.